The van der Waals surface area contributed by atoms with Crippen LogP contribution in [0.15, 0.2) is 11.6 Å². The summed E-state index contributed by atoms with van der Waals surface area (Å²) >= 11 is 0. The Morgan fingerprint density at radius 3 is 2.25 bits per heavy atom. The SMILES string of the molecule is CC(C)(C)N(C(=O)O)[C@H]1CC=C(C(F)(F)F)C[C@@H]1N1CCCCC1. The van der Waals surface area contributed by atoms with Gasteiger partial charge in [0.25, 0.3) is 0 Å². The van der Waals surface area contributed by atoms with Crippen molar-refractivity contribution in [3.8, 4) is 0 Å². The summed E-state index contributed by atoms with van der Waals surface area (Å²) in [7, 11) is 0. The lowest BCUT2D eigenvalue weighted by atomic mass is 9.85. The normalized spacial score (nSPS) is 26.8. The Bertz CT molecular complexity index is 491. The summed E-state index contributed by atoms with van der Waals surface area (Å²) in [5.41, 5.74) is -1.18. The molecular weight excluding hydrogens is 321 g/mol. The number of rotatable bonds is 2. The van der Waals surface area contributed by atoms with Gasteiger partial charge in [-0.3, -0.25) is 9.80 Å². The Labute approximate surface area is 141 Å². The second-order valence-corrected chi connectivity index (χ2v) is 7.72. The molecule has 1 N–H and O–H groups in total. The molecule has 4 nitrogen and oxygen atoms in total. The van der Waals surface area contributed by atoms with Crippen LogP contribution in [0.25, 0.3) is 0 Å². The molecule has 0 unspecified atom stereocenters. The fraction of sp³-hybridized carbons (Fsp3) is 0.824. The van der Waals surface area contributed by atoms with E-state index in [9.17, 15) is 23.1 Å². The number of halogens is 3. The van der Waals surface area contributed by atoms with Crippen LogP contribution in [0.3, 0.4) is 0 Å². The maximum atomic E-state index is 13.2. The van der Waals surface area contributed by atoms with Gasteiger partial charge in [-0.15, -0.1) is 0 Å². The minimum Gasteiger partial charge on any atom is -0.465 e. The van der Waals surface area contributed by atoms with E-state index >= 15 is 0 Å². The number of nitrogens with zero attached hydrogens (tertiary/aromatic N) is 2. The van der Waals surface area contributed by atoms with Crippen LogP contribution in [0, 0.1) is 0 Å². The van der Waals surface area contributed by atoms with Gasteiger partial charge in [0.15, 0.2) is 0 Å². The van der Waals surface area contributed by atoms with Crippen LogP contribution in [-0.4, -0.2) is 57.9 Å². The van der Waals surface area contributed by atoms with Gasteiger partial charge in [0.05, 0.1) is 6.04 Å². The zero-order chi connectivity index (χ0) is 18.1. The first kappa shape index (κ1) is 19.1. The Morgan fingerprint density at radius 2 is 1.79 bits per heavy atom. The highest BCUT2D eigenvalue weighted by atomic mass is 19.4. The highest BCUT2D eigenvalue weighted by Crippen LogP contribution is 2.38. The first-order valence-electron chi connectivity index (χ1n) is 8.54. The molecule has 0 spiro atoms. The van der Waals surface area contributed by atoms with Crippen LogP contribution in [0.2, 0.25) is 0 Å². The summed E-state index contributed by atoms with van der Waals surface area (Å²) in [5, 5.41) is 9.67. The van der Waals surface area contributed by atoms with Crippen molar-refractivity contribution in [2.75, 3.05) is 13.1 Å². The third-order valence-corrected chi connectivity index (χ3v) is 4.96. The number of carboxylic acid groups (broad SMARTS) is 1. The molecule has 24 heavy (non-hydrogen) atoms. The van der Waals surface area contributed by atoms with Crippen molar-refractivity contribution >= 4 is 6.09 Å². The molecule has 0 aromatic carbocycles. The van der Waals surface area contributed by atoms with E-state index in [1.165, 1.54) is 11.0 Å². The van der Waals surface area contributed by atoms with Crippen molar-refractivity contribution in [1.29, 1.82) is 0 Å². The average molecular weight is 348 g/mol. The Balaban J connectivity index is 2.35. The summed E-state index contributed by atoms with van der Waals surface area (Å²) in [4.78, 5) is 15.2. The van der Waals surface area contributed by atoms with E-state index in [-0.39, 0.29) is 12.8 Å². The van der Waals surface area contributed by atoms with Crippen molar-refractivity contribution in [2.45, 2.75) is 76.7 Å². The van der Waals surface area contributed by atoms with E-state index < -0.39 is 35.5 Å². The van der Waals surface area contributed by atoms with Gasteiger partial charge in [-0.1, -0.05) is 12.5 Å². The molecule has 0 aromatic rings. The fourth-order valence-corrected chi connectivity index (χ4v) is 3.92. The van der Waals surface area contributed by atoms with E-state index in [4.69, 9.17) is 0 Å². The number of amides is 1. The van der Waals surface area contributed by atoms with Crippen LogP contribution in [0.1, 0.15) is 52.9 Å². The highest BCUT2D eigenvalue weighted by molar-refractivity contribution is 5.66. The van der Waals surface area contributed by atoms with Gasteiger partial charge in [0.2, 0.25) is 0 Å². The molecule has 1 fully saturated rings. The minimum absolute atomic E-state index is 0.111. The smallest absolute Gasteiger partial charge is 0.412 e. The third kappa shape index (κ3) is 4.23. The number of hydrogen-bond acceptors (Lipinski definition) is 2. The lowest BCUT2D eigenvalue weighted by Crippen LogP contribution is -2.61. The average Bonchev–Trinajstić information content (AvgIpc) is 2.45. The molecule has 138 valence electrons. The molecular formula is C17H27F3N2O2. The zero-order valence-electron chi connectivity index (χ0n) is 14.6. The summed E-state index contributed by atoms with van der Waals surface area (Å²) < 4.78 is 39.6. The Kier molecular flexibility index (Phi) is 5.52. The predicted octanol–water partition coefficient (Wildman–Crippen LogP) is 4.27. The van der Waals surface area contributed by atoms with Crippen molar-refractivity contribution in [3.05, 3.63) is 11.6 Å². The molecule has 1 amide bonds. The largest absolute Gasteiger partial charge is 0.465 e. The summed E-state index contributed by atoms with van der Waals surface area (Å²) in [5.74, 6) is 0. The summed E-state index contributed by atoms with van der Waals surface area (Å²) in [6.07, 6.45) is -1.25. The topological polar surface area (TPSA) is 43.8 Å². The first-order valence-corrected chi connectivity index (χ1v) is 8.54. The van der Waals surface area contributed by atoms with E-state index in [1.54, 1.807) is 20.8 Å². The van der Waals surface area contributed by atoms with Gasteiger partial charge >= 0.3 is 12.3 Å². The van der Waals surface area contributed by atoms with Crippen LogP contribution in [-0.2, 0) is 0 Å². The predicted molar refractivity (Wildman–Crippen MR) is 86.0 cm³/mol. The maximum Gasteiger partial charge on any atom is 0.412 e. The van der Waals surface area contributed by atoms with Crippen LogP contribution < -0.4 is 0 Å². The summed E-state index contributed by atoms with van der Waals surface area (Å²) in [6, 6.07) is -0.867. The van der Waals surface area contributed by atoms with E-state index in [0.717, 1.165) is 32.4 Å². The lowest BCUT2D eigenvalue weighted by Gasteiger charge is -2.49. The minimum atomic E-state index is -4.34. The fourth-order valence-electron chi connectivity index (χ4n) is 3.92. The van der Waals surface area contributed by atoms with Gasteiger partial charge in [-0.25, -0.2) is 4.79 Å². The van der Waals surface area contributed by atoms with Crippen molar-refractivity contribution in [3.63, 3.8) is 0 Å². The van der Waals surface area contributed by atoms with Crippen LogP contribution in [0.4, 0.5) is 18.0 Å². The van der Waals surface area contributed by atoms with Crippen molar-refractivity contribution in [2.24, 2.45) is 0 Å². The van der Waals surface area contributed by atoms with Gasteiger partial charge in [-0.2, -0.15) is 13.2 Å². The van der Waals surface area contributed by atoms with Crippen LogP contribution in [0.5, 0.6) is 0 Å². The van der Waals surface area contributed by atoms with Gasteiger partial charge in [-0.05, 0) is 59.5 Å². The molecule has 0 radical (unpaired) electrons. The molecule has 2 aliphatic rings. The first-order chi connectivity index (χ1) is 11.0. The molecule has 2 atom stereocenters. The third-order valence-electron chi connectivity index (χ3n) is 4.96. The molecule has 0 bridgehead atoms. The number of likely N-dealkylation sites (tertiary alicyclic amines) is 1. The lowest BCUT2D eigenvalue weighted by molar-refractivity contribution is -0.100. The van der Waals surface area contributed by atoms with E-state index in [2.05, 4.69) is 4.90 Å². The number of carbonyl (C=O) groups is 1. The van der Waals surface area contributed by atoms with E-state index in [1.807, 2.05) is 0 Å². The van der Waals surface area contributed by atoms with Gasteiger partial charge < -0.3 is 5.11 Å². The van der Waals surface area contributed by atoms with Crippen LogP contribution >= 0.6 is 0 Å². The maximum absolute atomic E-state index is 13.2. The van der Waals surface area contributed by atoms with E-state index in [0.29, 0.717) is 0 Å². The molecule has 2 rings (SSSR count). The van der Waals surface area contributed by atoms with Gasteiger partial charge in [0, 0.05) is 17.2 Å². The molecule has 1 saturated heterocycles. The molecule has 1 heterocycles. The highest BCUT2D eigenvalue weighted by Gasteiger charge is 2.45. The molecule has 7 heteroatoms. The molecule has 0 aromatic heterocycles. The summed E-state index contributed by atoms with van der Waals surface area (Å²) in [6.45, 7) is 6.85. The Morgan fingerprint density at radius 1 is 1.21 bits per heavy atom. The molecule has 1 aliphatic carbocycles. The standard InChI is InChI=1S/C17H27F3N2O2/c1-16(2,3)22(15(23)24)13-8-7-12(17(18,19)20)11-14(13)21-9-5-4-6-10-21/h7,13-14H,4-6,8-11H2,1-3H3,(H,23,24)/t13-,14-/m0/s1. The van der Waals surface area contributed by atoms with Crippen molar-refractivity contribution < 1.29 is 23.1 Å². The zero-order valence-corrected chi connectivity index (χ0v) is 14.6. The number of alkyl halides is 3. The molecule has 0 saturated carbocycles. The van der Waals surface area contributed by atoms with Crippen molar-refractivity contribution in [1.82, 2.24) is 9.80 Å². The number of hydrogen-bond donors (Lipinski definition) is 1. The quantitative estimate of drug-likeness (QED) is 0.758. The second kappa shape index (κ2) is 6.94. The monoisotopic (exact) mass is 348 g/mol. The number of piperidine rings is 1. The second-order valence-electron chi connectivity index (χ2n) is 7.72. The van der Waals surface area contributed by atoms with Gasteiger partial charge in [0.1, 0.15) is 0 Å². The molecule has 1 aliphatic heterocycles. The Hall–Kier alpha value is -1.24.